The highest BCUT2D eigenvalue weighted by molar-refractivity contribution is 7.99. The molecule has 2 aromatic heterocycles. The fourth-order valence-corrected chi connectivity index (χ4v) is 1.76. The molecule has 4 nitrogen and oxygen atoms in total. The maximum Gasteiger partial charge on any atom is 0.263 e. The van der Waals surface area contributed by atoms with Crippen molar-refractivity contribution in [1.29, 1.82) is 0 Å². The van der Waals surface area contributed by atoms with E-state index >= 15 is 0 Å². The molecule has 0 saturated carbocycles. The number of oxazole rings is 1. The molecule has 15 heavy (non-hydrogen) atoms. The van der Waals surface area contributed by atoms with Crippen molar-refractivity contribution in [2.24, 2.45) is 0 Å². The van der Waals surface area contributed by atoms with E-state index in [1.807, 2.05) is 6.92 Å². The Hall–Kier alpha value is -1.49. The third kappa shape index (κ3) is 2.30. The van der Waals surface area contributed by atoms with Gasteiger partial charge in [0.15, 0.2) is 16.6 Å². The van der Waals surface area contributed by atoms with Crippen LogP contribution in [0.2, 0.25) is 0 Å². The first-order chi connectivity index (χ1) is 7.15. The lowest BCUT2D eigenvalue weighted by atomic mass is 10.3. The average molecular weight is 223 g/mol. The van der Waals surface area contributed by atoms with Gasteiger partial charge in [0.2, 0.25) is 0 Å². The summed E-state index contributed by atoms with van der Waals surface area (Å²) in [5, 5.41) is 1.11. The normalized spacial score (nSPS) is 10.5. The van der Waals surface area contributed by atoms with Crippen LogP contribution in [0.3, 0.4) is 0 Å². The molecular formula is C10H9NO3S. The highest BCUT2D eigenvalue weighted by atomic mass is 32.2. The molecular weight excluding hydrogens is 214 g/mol. The Labute approximate surface area is 90.7 Å². The van der Waals surface area contributed by atoms with Crippen LogP contribution in [-0.2, 0) is 0 Å². The standard InChI is InChI=1S/C10H9NO3S/c1-6-5-13-10(11-6)15-9-4-3-8(14-9)7(2)12/h3-5H,1-2H3. The molecule has 2 aromatic rings. The van der Waals surface area contributed by atoms with Gasteiger partial charge in [-0.05, 0) is 19.1 Å². The summed E-state index contributed by atoms with van der Waals surface area (Å²) in [6, 6.07) is 3.36. The molecule has 0 radical (unpaired) electrons. The molecule has 0 aliphatic carbocycles. The van der Waals surface area contributed by atoms with E-state index in [9.17, 15) is 4.79 Å². The van der Waals surface area contributed by atoms with E-state index in [-0.39, 0.29) is 5.78 Å². The van der Waals surface area contributed by atoms with Crippen LogP contribution in [0.25, 0.3) is 0 Å². The number of hydrogen-bond acceptors (Lipinski definition) is 5. The van der Waals surface area contributed by atoms with Gasteiger partial charge in [-0.15, -0.1) is 0 Å². The average Bonchev–Trinajstić information content (AvgIpc) is 2.76. The van der Waals surface area contributed by atoms with E-state index in [1.54, 1.807) is 18.4 Å². The number of Topliss-reactive ketones (excluding diaryl/α,β-unsaturated/α-hetero) is 1. The minimum absolute atomic E-state index is 0.0922. The fourth-order valence-electron chi connectivity index (χ4n) is 1.03. The van der Waals surface area contributed by atoms with Gasteiger partial charge >= 0.3 is 0 Å². The van der Waals surface area contributed by atoms with E-state index < -0.39 is 0 Å². The summed E-state index contributed by atoms with van der Waals surface area (Å²) < 4.78 is 10.4. The lowest BCUT2D eigenvalue weighted by molar-refractivity contribution is 0.0982. The molecule has 0 unspecified atom stereocenters. The monoisotopic (exact) mass is 223 g/mol. The smallest absolute Gasteiger partial charge is 0.263 e. The van der Waals surface area contributed by atoms with Gasteiger partial charge in [0.25, 0.3) is 5.22 Å². The molecule has 0 aromatic carbocycles. The van der Waals surface area contributed by atoms with E-state index in [2.05, 4.69) is 4.98 Å². The van der Waals surface area contributed by atoms with Gasteiger partial charge < -0.3 is 8.83 Å². The molecule has 0 saturated heterocycles. The van der Waals surface area contributed by atoms with Crippen LogP contribution < -0.4 is 0 Å². The molecule has 2 heterocycles. The second kappa shape index (κ2) is 3.94. The first kappa shape index (κ1) is 10.0. The fraction of sp³-hybridized carbons (Fsp3) is 0.200. The van der Waals surface area contributed by atoms with Gasteiger partial charge in [0, 0.05) is 18.7 Å². The lowest BCUT2D eigenvalue weighted by Gasteiger charge is -1.90. The van der Waals surface area contributed by atoms with Crippen molar-refractivity contribution in [3.05, 3.63) is 29.9 Å². The van der Waals surface area contributed by atoms with Gasteiger partial charge in [0.05, 0.1) is 5.69 Å². The molecule has 0 aliphatic heterocycles. The molecule has 0 amide bonds. The van der Waals surface area contributed by atoms with Crippen molar-refractivity contribution in [3.63, 3.8) is 0 Å². The Morgan fingerprint density at radius 2 is 2.27 bits per heavy atom. The van der Waals surface area contributed by atoms with Gasteiger partial charge in [-0.1, -0.05) is 0 Å². The lowest BCUT2D eigenvalue weighted by Crippen LogP contribution is -1.85. The molecule has 78 valence electrons. The van der Waals surface area contributed by atoms with Crippen LogP contribution >= 0.6 is 11.8 Å². The van der Waals surface area contributed by atoms with Crippen molar-refractivity contribution < 1.29 is 13.6 Å². The van der Waals surface area contributed by atoms with Crippen molar-refractivity contribution in [2.45, 2.75) is 24.2 Å². The molecule has 2 rings (SSSR count). The topological polar surface area (TPSA) is 56.2 Å². The highest BCUT2D eigenvalue weighted by Crippen LogP contribution is 2.28. The van der Waals surface area contributed by atoms with Crippen LogP contribution in [0.5, 0.6) is 0 Å². The zero-order valence-corrected chi connectivity index (χ0v) is 9.13. The number of rotatable bonds is 3. The van der Waals surface area contributed by atoms with Crippen molar-refractivity contribution in [2.75, 3.05) is 0 Å². The summed E-state index contributed by atoms with van der Waals surface area (Å²) in [6.07, 6.45) is 1.57. The maximum atomic E-state index is 11.0. The minimum Gasteiger partial charge on any atom is -0.446 e. The molecule has 0 fully saturated rings. The summed E-state index contributed by atoms with van der Waals surface area (Å²) in [5.74, 6) is 0.256. The van der Waals surface area contributed by atoms with E-state index in [4.69, 9.17) is 8.83 Å². The molecule has 5 heteroatoms. The van der Waals surface area contributed by atoms with Crippen LogP contribution in [0, 0.1) is 6.92 Å². The molecule has 0 atom stereocenters. The van der Waals surface area contributed by atoms with Crippen molar-refractivity contribution >= 4 is 17.5 Å². The SMILES string of the molecule is CC(=O)c1ccc(Sc2nc(C)co2)o1. The summed E-state index contributed by atoms with van der Waals surface area (Å²) in [6.45, 7) is 3.30. The second-order valence-corrected chi connectivity index (χ2v) is 3.99. The Bertz CT molecular complexity index is 486. The summed E-state index contributed by atoms with van der Waals surface area (Å²) in [5.41, 5.74) is 0.816. The Balaban J connectivity index is 2.14. The quantitative estimate of drug-likeness (QED) is 0.749. The Kier molecular flexibility index (Phi) is 2.64. The van der Waals surface area contributed by atoms with E-state index in [0.29, 0.717) is 16.1 Å². The van der Waals surface area contributed by atoms with Crippen LogP contribution in [0.1, 0.15) is 23.2 Å². The summed E-state index contributed by atoms with van der Waals surface area (Å²) >= 11 is 1.25. The van der Waals surface area contributed by atoms with Crippen molar-refractivity contribution in [3.8, 4) is 0 Å². The largest absolute Gasteiger partial charge is 0.446 e. The molecule has 0 spiro atoms. The first-order valence-corrected chi connectivity index (χ1v) is 5.17. The predicted molar refractivity (Wildman–Crippen MR) is 54.1 cm³/mol. The molecule has 0 aliphatic rings. The Morgan fingerprint density at radius 3 is 2.80 bits per heavy atom. The number of furan rings is 1. The summed E-state index contributed by atoms with van der Waals surface area (Å²) in [4.78, 5) is 15.1. The minimum atomic E-state index is -0.0922. The molecule has 0 N–H and O–H groups in total. The van der Waals surface area contributed by atoms with Crippen LogP contribution in [-0.4, -0.2) is 10.8 Å². The number of aromatic nitrogens is 1. The van der Waals surface area contributed by atoms with Gasteiger partial charge in [-0.2, -0.15) is 0 Å². The highest BCUT2D eigenvalue weighted by Gasteiger charge is 2.10. The maximum absolute atomic E-state index is 11.0. The Morgan fingerprint density at radius 1 is 1.47 bits per heavy atom. The predicted octanol–water partition coefficient (Wildman–Crippen LogP) is 2.93. The van der Waals surface area contributed by atoms with E-state index in [1.165, 1.54) is 18.7 Å². The molecule has 0 bridgehead atoms. The second-order valence-electron chi connectivity index (χ2n) is 3.03. The third-order valence-corrected chi connectivity index (χ3v) is 2.50. The first-order valence-electron chi connectivity index (χ1n) is 4.36. The van der Waals surface area contributed by atoms with Gasteiger partial charge in [-0.3, -0.25) is 4.79 Å². The number of carbonyl (C=O) groups excluding carboxylic acids is 1. The number of carbonyl (C=O) groups is 1. The van der Waals surface area contributed by atoms with E-state index in [0.717, 1.165) is 5.69 Å². The third-order valence-electron chi connectivity index (χ3n) is 1.71. The van der Waals surface area contributed by atoms with Gasteiger partial charge in [0.1, 0.15) is 6.26 Å². The number of hydrogen-bond donors (Lipinski definition) is 0. The van der Waals surface area contributed by atoms with Gasteiger partial charge in [-0.25, -0.2) is 4.98 Å². The zero-order chi connectivity index (χ0) is 10.8. The van der Waals surface area contributed by atoms with Crippen LogP contribution in [0.15, 0.2) is 37.5 Å². The zero-order valence-electron chi connectivity index (χ0n) is 8.31. The van der Waals surface area contributed by atoms with Crippen LogP contribution in [0.4, 0.5) is 0 Å². The van der Waals surface area contributed by atoms with Crippen molar-refractivity contribution in [1.82, 2.24) is 4.98 Å². The number of aryl methyl sites for hydroxylation is 1. The summed E-state index contributed by atoms with van der Waals surface area (Å²) in [7, 11) is 0. The number of nitrogens with zero attached hydrogens (tertiary/aromatic N) is 1. The number of ketones is 1.